The van der Waals surface area contributed by atoms with E-state index in [2.05, 4.69) is 10.4 Å². The molecule has 162 valence electrons. The summed E-state index contributed by atoms with van der Waals surface area (Å²) in [6.07, 6.45) is 0. The Morgan fingerprint density at radius 1 is 1.03 bits per heavy atom. The summed E-state index contributed by atoms with van der Waals surface area (Å²) in [6.45, 7) is 2.33. The standard InChI is InChI=1S/C23H25N3O5/c1-16-5-4-6-18(13-16)31-15-22(27)24-11-12-26-23(28)10-8-19(25-26)17-7-9-20(29-2)21(14-17)30-3/h4-10,13-14H,11-12,15H2,1-3H3,(H,24,27). The van der Waals surface area contributed by atoms with Crippen LogP contribution in [0.4, 0.5) is 0 Å². The van der Waals surface area contributed by atoms with Crippen LogP contribution in [0.2, 0.25) is 0 Å². The van der Waals surface area contributed by atoms with Gasteiger partial charge in [-0.1, -0.05) is 12.1 Å². The van der Waals surface area contributed by atoms with Crippen molar-refractivity contribution in [1.82, 2.24) is 15.1 Å². The van der Waals surface area contributed by atoms with Crippen LogP contribution in [-0.4, -0.2) is 43.1 Å². The zero-order chi connectivity index (χ0) is 22.2. The number of benzene rings is 2. The maximum atomic E-state index is 12.2. The fourth-order valence-electron chi connectivity index (χ4n) is 2.96. The molecule has 8 nitrogen and oxygen atoms in total. The van der Waals surface area contributed by atoms with Crippen LogP contribution in [-0.2, 0) is 11.3 Å². The van der Waals surface area contributed by atoms with Gasteiger partial charge in [-0.2, -0.15) is 5.10 Å². The Morgan fingerprint density at radius 2 is 1.84 bits per heavy atom. The lowest BCUT2D eigenvalue weighted by atomic mass is 10.1. The van der Waals surface area contributed by atoms with E-state index < -0.39 is 0 Å². The van der Waals surface area contributed by atoms with E-state index in [4.69, 9.17) is 14.2 Å². The molecule has 1 N–H and O–H groups in total. The molecule has 0 radical (unpaired) electrons. The summed E-state index contributed by atoms with van der Waals surface area (Å²) in [4.78, 5) is 24.2. The van der Waals surface area contributed by atoms with Gasteiger partial charge in [0.2, 0.25) is 0 Å². The minimum Gasteiger partial charge on any atom is -0.493 e. The summed E-state index contributed by atoms with van der Waals surface area (Å²) < 4.78 is 17.4. The van der Waals surface area contributed by atoms with E-state index in [9.17, 15) is 9.59 Å². The number of nitrogens with one attached hydrogen (secondary N) is 1. The van der Waals surface area contributed by atoms with Crippen molar-refractivity contribution >= 4 is 5.91 Å². The molecule has 1 heterocycles. The molecular weight excluding hydrogens is 398 g/mol. The lowest BCUT2D eigenvalue weighted by molar-refractivity contribution is -0.123. The SMILES string of the molecule is COc1ccc(-c2ccc(=O)n(CCNC(=O)COc3cccc(C)c3)n2)cc1OC. The third-order valence-corrected chi connectivity index (χ3v) is 4.55. The van der Waals surface area contributed by atoms with E-state index >= 15 is 0 Å². The van der Waals surface area contributed by atoms with Crippen LogP contribution < -0.4 is 25.1 Å². The quantitative estimate of drug-likeness (QED) is 0.568. The summed E-state index contributed by atoms with van der Waals surface area (Å²) in [5.41, 5.74) is 2.18. The number of carbonyl (C=O) groups excluding carboxylic acids is 1. The Morgan fingerprint density at radius 3 is 2.58 bits per heavy atom. The van der Waals surface area contributed by atoms with Gasteiger partial charge in [0.1, 0.15) is 5.75 Å². The largest absolute Gasteiger partial charge is 0.493 e. The number of hydrogen-bond donors (Lipinski definition) is 1. The highest BCUT2D eigenvalue weighted by Gasteiger charge is 2.09. The number of aromatic nitrogens is 2. The minimum atomic E-state index is -0.273. The third kappa shape index (κ3) is 5.85. The first-order valence-electron chi connectivity index (χ1n) is 9.77. The zero-order valence-electron chi connectivity index (χ0n) is 17.8. The zero-order valence-corrected chi connectivity index (χ0v) is 17.8. The Balaban J connectivity index is 1.59. The average molecular weight is 423 g/mol. The van der Waals surface area contributed by atoms with Crippen molar-refractivity contribution in [2.24, 2.45) is 0 Å². The van der Waals surface area contributed by atoms with Crippen LogP contribution in [0.15, 0.2) is 59.4 Å². The van der Waals surface area contributed by atoms with Gasteiger partial charge in [-0.05, 0) is 48.9 Å². The molecule has 8 heteroatoms. The van der Waals surface area contributed by atoms with E-state index in [1.807, 2.05) is 31.2 Å². The fraction of sp³-hybridized carbons (Fsp3) is 0.261. The van der Waals surface area contributed by atoms with Crippen LogP contribution in [0.3, 0.4) is 0 Å². The van der Waals surface area contributed by atoms with E-state index in [1.54, 1.807) is 38.5 Å². The topological polar surface area (TPSA) is 91.7 Å². The molecule has 0 bridgehead atoms. The molecule has 0 saturated heterocycles. The third-order valence-electron chi connectivity index (χ3n) is 4.55. The van der Waals surface area contributed by atoms with Crippen LogP contribution in [0.25, 0.3) is 11.3 Å². The summed E-state index contributed by atoms with van der Waals surface area (Å²) in [6, 6.07) is 16.0. The molecule has 0 aliphatic heterocycles. The van der Waals surface area contributed by atoms with Crippen LogP contribution in [0.1, 0.15) is 5.56 Å². The monoisotopic (exact) mass is 423 g/mol. The van der Waals surface area contributed by atoms with Crippen LogP contribution >= 0.6 is 0 Å². The average Bonchev–Trinajstić information content (AvgIpc) is 2.78. The highest BCUT2D eigenvalue weighted by Crippen LogP contribution is 2.31. The fourth-order valence-corrected chi connectivity index (χ4v) is 2.96. The molecule has 0 saturated carbocycles. The van der Waals surface area contributed by atoms with Crippen LogP contribution in [0.5, 0.6) is 17.2 Å². The van der Waals surface area contributed by atoms with Gasteiger partial charge in [0.15, 0.2) is 18.1 Å². The number of ether oxygens (including phenoxy) is 3. The molecular formula is C23H25N3O5. The number of hydrogen-bond acceptors (Lipinski definition) is 6. The van der Waals surface area contributed by atoms with Gasteiger partial charge >= 0.3 is 0 Å². The summed E-state index contributed by atoms with van der Waals surface area (Å²) >= 11 is 0. The maximum Gasteiger partial charge on any atom is 0.266 e. The molecule has 0 aliphatic carbocycles. The second-order valence-corrected chi connectivity index (χ2v) is 6.80. The second-order valence-electron chi connectivity index (χ2n) is 6.80. The summed E-state index contributed by atoms with van der Waals surface area (Å²) in [5, 5.41) is 7.13. The normalized spacial score (nSPS) is 10.4. The van der Waals surface area contributed by atoms with Crippen LogP contribution in [0, 0.1) is 6.92 Å². The van der Waals surface area contributed by atoms with Crippen molar-refractivity contribution in [3.05, 3.63) is 70.5 Å². The van der Waals surface area contributed by atoms with Crippen molar-refractivity contribution in [3.63, 3.8) is 0 Å². The lowest BCUT2D eigenvalue weighted by Gasteiger charge is -2.11. The van der Waals surface area contributed by atoms with E-state index in [0.717, 1.165) is 11.1 Å². The van der Waals surface area contributed by atoms with Gasteiger partial charge in [0.05, 0.1) is 26.5 Å². The minimum absolute atomic E-state index is 0.0997. The van der Waals surface area contributed by atoms with E-state index in [0.29, 0.717) is 22.9 Å². The van der Waals surface area contributed by atoms with E-state index in [-0.39, 0.29) is 31.2 Å². The molecule has 0 fully saturated rings. The number of carbonyl (C=O) groups is 1. The van der Waals surface area contributed by atoms with Crippen molar-refractivity contribution in [2.45, 2.75) is 13.5 Å². The molecule has 0 unspecified atom stereocenters. The number of amides is 1. The first-order valence-corrected chi connectivity index (χ1v) is 9.77. The molecule has 1 aromatic heterocycles. The molecule has 2 aromatic carbocycles. The first kappa shape index (κ1) is 21.9. The first-order chi connectivity index (χ1) is 15.0. The molecule has 3 aromatic rings. The molecule has 31 heavy (non-hydrogen) atoms. The van der Waals surface area contributed by atoms with Gasteiger partial charge in [-0.3, -0.25) is 9.59 Å². The lowest BCUT2D eigenvalue weighted by Crippen LogP contribution is -2.34. The Kier molecular flexibility index (Phi) is 7.26. The van der Waals surface area contributed by atoms with Crippen molar-refractivity contribution < 1.29 is 19.0 Å². The number of nitrogens with zero attached hydrogens (tertiary/aromatic N) is 2. The molecule has 0 atom stereocenters. The van der Waals surface area contributed by atoms with Crippen molar-refractivity contribution in [3.8, 4) is 28.5 Å². The van der Waals surface area contributed by atoms with Gasteiger partial charge < -0.3 is 19.5 Å². The number of methoxy groups -OCH3 is 2. The van der Waals surface area contributed by atoms with Crippen molar-refractivity contribution in [2.75, 3.05) is 27.4 Å². The summed E-state index contributed by atoms with van der Waals surface area (Å²) in [7, 11) is 3.12. The Bertz CT molecular complexity index is 1110. The predicted octanol–water partition coefficient (Wildman–Crippen LogP) is 2.43. The summed E-state index contributed by atoms with van der Waals surface area (Å²) in [5.74, 6) is 1.54. The van der Waals surface area contributed by atoms with E-state index in [1.165, 1.54) is 10.7 Å². The highest BCUT2D eigenvalue weighted by atomic mass is 16.5. The second kappa shape index (κ2) is 10.3. The smallest absolute Gasteiger partial charge is 0.266 e. The Labute approximate surface area is 180 Å². The van der Waals surface area contributed by atoms with Gasteiger partial charge in [0, 0.05) is 18.2 Å². The number of aryl methyl sites for hydroxylation is 1. The number of rotatable bonds is 9. The Hall–Kier alpha value is -3.81. The molecule has 1 amide bonds. The molecule has 3 rings (SSSR count). The molecule has 0 aliphatic rings. The maximum absolute atomic E-state index is 12.2. The van der Waals surface area contributed by atoms with Gasteiger partial charge in [0.25, 0.3) is 11.5 Å². The van der Waals surface area contributed by atoms with Gasteiger partial charge in [-0.15, -0.1) is 0 Å². The predicted molar refractivity (Wildman–Crippen MR) is 117 cm³/mol. The highest BCUT2D eigenvalue weighted by molar-refractivity contribution is 5.77. The van der Waals surface area contributed by atoms with Crippen molar-refractivity contribution in [1.29, 1.82) is 0 Å². The van der Waals surface area contributed by atoms with Gasteiger partial charge in [-0.25, -0.2) is 4.68 Å². The molecule has 0 spiro atoms.